The Morgan fingerprint density at radius 1 is 0.778 bits per heavy atom. The molecule has 4 amide bonds. The molecule has 3 aromatic carbocycles. The van der Waals surface area contributed by atoms with Gasteiger partial charge < -0.3 is 49.1 Å². The van der Waals surface area contributed by atoms with Gasteiger partial charge in [0.05, 0.1) is 83.6 Å². The molecule has 0 spiro atoms. The van der Waals surface area contributed by atoms with Gasteiger partial charge in [0.2, 0.25) is 5.91 Å². The first kappa shape index (κ1) is 49.6. The number of nitrogens with zero attached hydrogens (tertiary/aromatic N) is 2. The SMILES string of the molecule is CC(C)(C)OC(=O)NCC[NH2+]C=C(COc1ccc(CC(NC(=O)CCOCCOCCOCCOCCN2C(=O)c3ccccc3C2=O)C(=O)OCc2ccccc2)cc1)N=N. The predicted octanol–water partition coefficient (Wildman–Crippen LogP) is 3.55. The molecule has 1 heterocycles. The number of nitrogens with one attached hydrogen (secondary N) is 3. The van der Waals surface area contributed by atoms with E-state index in [1.165, 1.54) is 4.90 Å². The van der Waals surface area contributed by atoms with Gasteiger partial charge in [0.1, 0.15) is 36.8 Å². The Hall–Kier alpha value is -6.05. The van der Waals surface area contributed by atoms with Crippen molar-refractivity contribution in [1.29, 1.82) is 5.53 Å². The molecule has 18 heteroatoms. The highest BCUT2D eigenvalue weighted by Gasteiger charge is 2.34. The average Bonchev–Trinajstić information content (AvgIpc) is 3.51. The second kappa shape index (κ2) is 27.1. The van der Waals surface area contributed by atoms with Crippen molar-refractivity contribution in [3.05, 3.63) is 113 Å². The Labute approximate surface area is 367 Å². The number of rotatable bonds is 29. The third-order valence-corrected chi connectivity index (χ3v) is 8.95. The van der Waals surface area contributed by atoms with Gasteiger partial charge >= 0.3 is 12.1 Å². The van der Waals surface area contributed by atoms with Gasteiger partial charge in [0.25, 0.3) is 11.8 Å². The average molecular weight is 876 g/mol. The van der Waals surface area contributed by atoms with E-state index in [1.807, 2.05) is 30.3 Å². The molecule has 0 saturated heterocycles. The van der Waals surface area contributed by atoms with Crippen LogP contribution in [0, 0.1) is 5.53 Å². The highest BCUT2D eigenvalue weighted by atomic mass is 16.6. The standard InChI is InChI=1S/C45H58N6O12/c1-45(2,3)63-44(56)48-19-18-47-30-35(50-46)32-61-36-15-13-33(14-16-36)29-39(43(55)62-31-34-9-5-4-6-10-34)49-40(52)17-21-57-23-25-59-27-28-60-26-24-58-22-20-51-41(53)37-11-7-8-12-38(37)42(51)54/h4-16,30,39,46-47H,17-29,31-32H2,1-3H3,(H,48,56)(H,49,52)/p+1. The van der Waals surface area contributed by atoms with Gasteiger partial charge in [-0.3, -0.25) is 19.3 Å². The van der Waals surface area contributed by atoms with Crippen molar-refractivity contribution >= 4 is 29.8 Å². The Balaban J connectivity index is 1.09. The van der Waals surface area contributed by atoms with Gasteiger partial charge in [-0.1, -0.05) is 54.6 Å². The highest BCUT2D eigenvalue weighted by molar-refractivity contribution is 6.21. The molecule has 63 heavy (non-hydrogen) atoms. The molecule has 0 saturated carbocycles. The van der Waals surface area contributed by atoms with Crippen LogP contribution in [0.2, 0.25) is 0 Å². The molecule has 0 aromatic heterocycles. The maximum atomic E-state index is 13.2. The third kappa shape index (κ3) is 18.8. The number of benzene rings is 3. The smallest absolute Gasteiger partial charge is 0.407 e. The Morgan fingerprint density at radius 2 is 1.37 bits per heavy atom. The van der Waals surface area contributed by atoms with Gasteiger partial charge in [0.15, 0.2) is 5.70 Å². The van der Waals surface area contributed by atoms with Crippen LogP contribution in [-0.2, 0) is 51.0 Å². The van der Waals surface area contributed by atoms with E-state index in [1.54, 1.807) is 80.8 Å². The number of quaternary nitrogens is 1. The number of carbonyl (C=O) groups is 5. The molecular weight excluding hydrogens is 817 g/mol. The van der Waals surface area contributed by atoms with Crippen molar-refractivity contribution in [3.63, 3.8) is 0 Å². The van der Waals surface area contributed by atoms with E-state index in [0.29, 0.717) is 68.7 Å². The second-order valence-electron chi connectivity index (χ2n) is 15.1. The number of imide groups is 1. The molecule has 340 valence electrons. The van der Waals surface area contributed by atoms with E-state index in [2.05, 4.69) is 15.7 Å². The second-order valence-corrected chi connectivity index (χ2v) is 15.1. The van der Waals surface area contributed by atoms with Crippen molar-refractivity contribution in [2.45, 2.75) is 51.9 Å². The fourth-order valence-electron chi connectivity index (χ4n) is 5.84. The van der Waals surface area contributed by atoms with E-state index in [0.717, 1.165) is 11.1 Å². The van der Waals surface area contributed by atoms with Crippen LogP contribution in [0.15, 0.2) is 95.9 Å². The van der Waals surface area contributed by atoms with Crippen LogP contribution < -0.4 is 20.7 Å². The largest absolute Gasteiger partial charge is 0.487 e. The van der Waals surface area contributed by atoms with E-state index < -0.39 is 23.7 Å². The first-order valence-corrected chi connectivity index (χ1v) is 20.8. The number of amides is 4. The van der Waals surface area contributed by atoms with Gasteiger partial charge in [-0.05, 0) is 56.2 Å². The van der Waals surface area contributed by atoms with Crippen LogP contribution in [0.3, 0.4) is 0 Å². The number of esters is 1. The van der Waals surface area contributed by atoms with Crippen LogP contribution in [0.1, 0.15) is 59.0 Å². The lowest BCUT2D eigenvalue weighted by Gasteiger charge is -2.19. The lowest BCUT2D eigenvalue weighted by atomic mass is 10.1. The quantitative estimate of drug-likeness (QED) is 0.0340. The summed E-state index contributed by atoms with van der Waals surface area (Å²) in [5.74, 6) is -1.07. The number of fused-ring (bicyclic) bond motifs is 1. The van der Waals surface area contributed by atoms with Crippen molar-refractivity contribution in [2.75, 3.05) is 79.1 Å². The molecule has 0 fully saturated rings. The molecule has 18 nitrogen and oxygen atoms in total. The molecule has 1 aliphatic heterocycles. The number of hydrogen-bond acceptors (Lipinski definition) is 14. The van der Waals surface area contributed by atoms with E-state index >= 15 is 0 Å². The summed E-state index contributed by atoms with van der Waals surface area (Å²) >= 11 is 0. The van der Waals surface area contributed by atoms with Crippen LogP contribution in [-0.4, -0.2) is 125 Å². The number of alkyl carbamates (subject to hydrolysis) is 1. The molecule has 4 rings (SSSR count). The molecule has 0 radical (unpaired) electrons. The van der Waals surface area contributed by atoms with Crippen molar-refractivity contribution in [3.8, 4) is 5.75 Å². The summed E-state index contributed by atoms with van der Waals surface area (Å²) in [5.41, 5.74) is 9.65. The molecule has 1 unspecified atom stereocenters. The first-order chi connectivity index (χ1) is 30.4. The lowest BCUT2D eigenvalue weighted by Crippen LogP contribution is -2.80. The monoisotopic (exact) mass is 875 g/mol. The van der Waals surface area contributed by atoms with Crippen LogP contribution in [0.5, 0.6) is 5.75 Å². The Bertz CT molecular complexity index is 1920. The minimum atomic E-state index is -0.963. The molecule has 0 bridgehead atoms. The van der Waals surface area contributed by atoms with E-state index in [9.17, 15) is 24.0 Å². The maximum Gasteiger partial charge on any atom is 0.407 e. The fourth-order valence-corrected chi connectivity index (χ4v) is 5.84. The van der Waals surface area contributed by atoms with Crippen molar-refractivity contribution in [1.82, 2.24) is 15.5 Å². The zero-order chi connectivity index (χ0) is 45.3. The van der Waals surface area contributed by atoms with Crippen LogP contribution >= 0.6 is 0 Å². The zero-order valence-corrected chi connectivity index (χ0v) is 36.1. The summed E-state index contributed by atoms with van der Waals surface area (Å²) in [7, 11) is 0. The maximum absolute atomic E-state index is 13.2. The Kier molecular flexibility index (Phi) is 21.3. The van der Waals surface area contributed by atoms with Gasteiger partial charge in [-0.25, -0.2) is 15.1 Å². The normalized spacial score (nSPS) is 13.0. The van der Waals surface area contributed by atoms with Crippen molar-refractivity contribution in [2.24, 2.45) is 5.11 Å². The molecule has 5 N–H and O–H groups in total. The summed E-state index contributed by atoms with van der Waals surface area (Å²) < 4.78 is 38.7. The van der Waals surface area contributed by atoms with Gasteiger partial charge in [0, 0.05) is 12.8 Å². The van der Waals surface area contributed by atoms with E-state index in [-0.39, 0.29) is 70.1 Å². The lowest BCUT2D eigenvalue weighted by molar-refractivity contribution is -0.586. The van der Waals surface area contributed by atoms with E-state index in [4.69, 9.17) is 38.7 Å². The first-order valence-electron chi connectivity index (χ1n) is 20.8. The van der Waals surface area contributed by atoms with Crippen LogP contribution in [0.4, 0.5) is 4.79 Å². The summed E-state index contributed by atoms with van der Waals surface area (Å²) in [6.07, 6.45) is 1.33. The number of ether oxygens (including phenoxy) is 7. The van der Waals surface area contributed by atoms with Crippen LogP contribution in [0.25, 0.3) is 0 Å². The predicted molar refractivity (Wildman–Crippen MR) is 228 cm³/mol. The fraction of sp³-hybridized carbons (Fsp3) is 0.444. The molecular formula is C45H59N6O12+. The minimum absolute atomic E-state index is 0.0138. The van der Waals surface area contributed by atoms with Gasteiger partial charge in [-0.2, -0.15) is 5.11 Å². The molecule has 0 aliphatic carbocycles. The zero-order valence-electron chi connectivity index (χ0n) is 36.1. The summed E-state index contributed by atoms with van der Waals surface area (Å²) in [4.78, 5) is 63.9. The highest BCUT2D eigenvalue weighted by Crippen LogP contribution is 2.22. The molecule has 1 atom stereocenters. The van der Waals surface area contributed by atoms with Crippen molar-refractivity contribution < 1.29 is 62.4 Å². The summed E-state index contributed by atoms with van der Waals surface area (Å²) in [6, 6.07) is 22.0. The number of nitrogens with two attached hydrogens (primary N) is 1. The third-order valence-electron chi connectivity index (χ3n) is 8.95. The summed E-state index contributed by atoms with van der Waals surface area (Å²) in [5, 5.41) is 10.7. The number of hydrogen-bond donors (Lipinski definition) is 4. The van der Waals surface area contributed by atoms with Gasteiger partial charge in [-0.15, -0.1) is 0 Å². The number of carbonyl (C=O) groups excluding carboxylic acids is 5. The summed E-state index contributed by atoms with van der Waals surface area (Å²) in [6.45, 7) is 8.63. The molecule has 3 aromatic rings. The minimum Gasteiger partial charge on any atom is -0.487 e. The Morgan fingerprint density at radius 3 is 1.97 bits per heavy atom. The molecule has 1 aliphatic rings. The topological polar surface area (TPSA) is 230 Å².